The van der Waals surface area contributed by atoms with Gasteiger partial charge in [0.05, 0.1) is 29.7 Å². The van der Waals surface area contributed by atoms with E-state index in [1.54, 1.807) is 22.4 Å². The van der Waals surface area contributed by atoms with Gasteiger partial charge in [-0.25, -0.2) is 0 Å². The van der Waals surface area contributed by atoms with Gasteiger partial charge in [0.25, 0.3) is 0 Å². The average Bonchev–Trinajstić information content (AvgIpc) is 3.29. The van der Waals surface area contributed by atoms with E-state index in [1.165, 1.54) is 18.5 Å². The summed E-state index contributed by atoms with van der Waals surface area (Å²) in [5.74, 6) is -1.74. The highest BCUT2D eigenvalue weighted by Crippen LogP contribution is 2.38. The number of piperidine rings is 1. The third-order valence-corrected chi connectivity index (χ3v) is 6.19. The van der Waals surface area contributed by atoms with Crippen molar-refractivity contribution < 1.29 is 14.4 Å². The third-order valence-electron chi connectivity index (χ3n) is 5.03. The van der Waals surface area contributed by atoms with Crippen molar-refractivity contribution in [2.75, 3.05) is 11.9 Å². The van der Waals surface area contributed by atoms with Crippen molar-refractivity contribution in [3.63, 3.8) is 0 Å². The quantitative estimate of drug-likeness (QED) is 0.566. The van der Waals surface area contributed by atoms with Crippen LogP contribution in [-0.4, -0.2) is 44.3 Å². The zero-order valence-electron chi connectivity index (χ0n) is 15.7. The van der Waals surface area contributed by atoms with E-state index in [-0.39, 0.29) is 17.3 Å². The van der Waals surface area contributed by atoms with Gasteiger partial charge >= 0.3 is 11.8 Å². The molecule has 1 aliphatic heterocycles. The SMILES string of the molecule is C[C@@H]1CC[C@@H](c2cc3cn[nH]c3s2)N(C(=O)C(=O)Nc2cncc(C(N)=O)c2)C1. The molecule has 29 heavy (non-hydrogen) atoms. The summed E-state index contributed by atoms with van der Waals surface area (Å²) in [6.07, 6.45) is 6.18. The van der Waals surface area contributed by atoms with Crippen molar-refractivity contribution in [1.82, 2.24) is 20.1 Å². The van der Waals surface area contributed by atoms with E-state index in [0.29, 0.717) is 12.5 Å². The van der Waals surface area contributed by atoms with Crippen LogP contribution < -0.4 is 11.1 Å². The second-order valence-corrected chi connectivity index (χ2v) is 8.32. The summed E-state index contributed by atoms with van der Waals surface area (Å²) in [5, 5.41) is 10.5. The fraction of sp³-hybridized carbons (Fsp3) is 0.316. The molecule has 3 aromatic rings. The number of nitrogens with one attached hydrogen (secondary N) is 2. The molecule has 0 aliphatic carbocycles. The van der Waals surface area contributed by atoms with Crippen LogP contribution in [0.3, 0.4) is 0 Å². The molecule has 0 unspecified atom stereocenters. The summed E-state index contributed by atoms with van der Waals surface area (Å²) in [4.78, 5) is 44.4. The van der Waals surface area contributed by atoms with Crippen LogP contribution in [0.5, 0.6) is 0 Å². The Morgan fingerprint density at radius 1 is 1.24 bits per heavy atom. The number of carbonyl (C=O) groups excluding carboxylic acids is 3. The molecule has 1 aliphatic rings. The number of carbonyl (C=O) groups is 3. The van der Waals surface area contributed by atoms with Crippen molar-refractivity contribution >= 4 is 45.0 Å². The monoisotopic (exact) mass is 412 g/mol. The minimum Gasteiger partial charge on any atom is -0.366 e. The second-order valence-electron chi connectivity index (χ2n) is 7.24. The Morgan fingerprint density at radius 2 is 2.07 bits per heavy atom. The van der Waals surface area contributed by atoms with Gasteiger partial charge in [-0.2, -0.15) is 5.10 Å². The van der Waals surface area contributed by atoms with E-state index in [2.05, 4.69) is 27.4 Å². The molecule has 0 aromatic carbocycles. The first-order chi connectivity index (χ1) is 13.9. The van der Waals surface area contributed by atoms with Crippen molar-refractivity contribution in [3.8, 4) is 0 Å². The number of aromatic nitrogens is 3. The standard InChI is InChI=1S/C19H20N6O3S/c1-10-2-3-14(15-5-12-7-22-24-18(12)29-15)25(9-10)19(28)17(27)23-13-4-11(16(20)26)6-21-8-13/h4-8,10,14H,2-3,9H2,1H3,(H2,20,26)(H,22,24)(H,23,27)/t10-,14+/m1/s1. The number of primary amides is 1. The smallest absolute Gasteiger partial charge is 0.313 e. The summed E-state index contributed by atoms with van der Waals surface area (Å²) in [7, 11) is 0. The number of amides is 3. The van der Waals surface area contributed by atoms with Gasteiger partial charge in [0, 0.05) is 23.0 Å². The molecule has 0 spiro atoms. The molecule has 1 saturated heterocycles. The van der Waals surface area contributed by atoms with Gasteiger partial charge in [0.1, 0.15) is 4.83 Å². The van der Waals surface area contributed by atoms with E-state index < -0.39 is 17.7 Å². The minimum absolute atomic E-state index is 0.155. The van der Waals surface area contributed by atoms with E-state index in [9.17, 15) is 14.4 Å². The summed E-state index contributed by atoms with van der Waals surface area (Å²) in [6.45, 7) is 2.57. The second kappa shape index (κ2) is 7.63. The van der Waals surface area contributed by atoms with Crippen LogP contribution >= 0.6 is 11.3 Å². The predicted molar refractivity (Wildman–Crippen MR) is 108 cm³/mol. The van der Waals surface area contributed by atoms with Crippen LogP contribution in [0.4, 0.5) is 5.69 Å². The number of hydrogen-bond donors (Lipinski definition) is 3. The molecule has 4 rings (SSSR count). The predicted octanol–water partition coefficient (Wildman–Crippen LogP) is 2.06. The molecule has 9 nitrogen and oxygen atoms in total. The van der Waals surface area contributed by atoms with Gasteiger partial charge in [-0.05, 0) is 30.9 Å². The lowest BCUT2D eigenvalue weighted by atomic mass is 9.93. The van der Waals surface area contributed by atoms with Gasteiger partial charge in [0.2, 0.25) is 5.91 Å². The normalized spacial score (nSPS) is 19.3. The van der Waals surface area contributed by atoms with E-state index in [4.69, 9.17) is 5.73 Å². The Kier molecular flexibility index (Phi) is 5.01. The van der Waals surface area contributed by atoms with Crippen LogP contribution in [0.25, 0.3) is 10.2 Å². The molecule has 3 aromatic heterocycles. The highest BCUT2D eigenvalue weighted by Gasteiger charge is 2.35. The molecule has 150 valence electrons. The number of pyridine rings is 1. The van der Waals surface area contributed by atoms with Crippen LogP contribution in [-0.2, 0) is 9.59 Å². The molecule has 2 atom stereocenters. The van der Waals surface area contributed by atoms with Gasteiger partial charge in [-0.1, -0.05) is 6.92 Å². The maximum absolute atomic E-state index is 13.0. The van der Waals surface area contributed by atoms with Crippen molar-refractivity contribution in [1.29, 1.82) is 0 Å². The van der Waals surface area contributed by atoms with E-state index in [0.717, 1.165) is 27.9 Å². The molecule has 3 amide bonds. The Labute approximate surface area is 170 Å². The summed E-state index contributed by atoms with van der Waals surface area (Å²) < 4.78 is 0. The molecule has 0 saturated carbocycles. The summed E-state index contributed by atoms with van der Waals surface area (Å²) in [5.41, 5.74) is 5.64. The highest BCUT2D eigenvalue weighted by atomic mass is 32.1. The number of fused-ring (bicyclic) bond motifs is 1. The van der Waals surface area contributed by atoms with E-state index >= 15 is 0 Å². The lowest BCUT2D eigenvalue weighted by Gasteiger charge is -2.37. The number of likely N-dealkylation sites (tertiary alicyclic amines) is 1. The molecule has 4 N–H and O–H groups in total. The Hall–Kier alpha value is -3.27. The molecule has 1 fully saturated rings. The number of hydrogen-bond acceptors (Lipinski definition) is 6. The number of H-pyrrole nitrogens is 1. The fourth-order valence-corrected chi connectivity index (χ4v) is 4.69. The number of rotatable bonds is 3. The van der Waals surface area contributed by atoms with Crippen LogP contribution in [0, 0.1) is 5.92 Å². The molecule has 10 heteroatoms. The maximum atomic E-state index is 13.0. The number of nitrogens with two attached hydrogens (primary N) is 1. The molecular formula is C19H20N6O3S. The highest BCUT2D eigenvalue weighted by molar-refractivity contribution is 7.18. The summed E-state index contributed by atoms with van der Waals surface area (Å²) in [6, 6.07) is 3.25. The van der Waals surface area contributed by atoms with Crippen LogP contribution in [0.2, 0.25) is 0 Å². The van der Waals surface area contributed by atoms with Gasteiger partial charge in [0.15, 0.2) is 0 Å². The topological polar surface area (TPSA) is 134 Å². The lowest BCUT2D eigenvalue weighted by molar-refractivity contribution is -0.146. The molecule has 4 heterocycles. The first kappa shape index (κ1) is 19.1. The van der Waals surface area contributed by atoms with Gasteiger partial charge < -0.3 is 16.0 Å². The zero-order valence-corrected chi connectivity index (χ0v) is 16.5. The minimum atomic E-state index is -0.767. The first-order valence-corrected chi connectivity index (χ1v) is 10.0. The average molecular weight is 412 g/mol. The van der Waals surface area contributed by atoms with Gasteiger partial charge in [-0.15, -0.1) is 11.3 Å². The number of aromatic amines is 1. The van der Waals surface area contributed by atoms with Crippen molar-refractivity contribution in [3.05, 3.63) is 41.2 Å². The van der Waals surface area contributed by atoms with E-state index in [1.807, 2.05) is 6.07 Å². The van der Waals surface area contributed by atoms with Crippen molar-refractivity contribution in [2.45, 2.75) is 25.8 Å². The number of thiophene rings is 1. The fourth-order valence-electron chi connectivity index (χ4n) is 3.56. The zero-order chi connectivity index (χ0) is 20.5. The van der Waals surface area contributed by atoms with Crippen molar-refractivity contribution in [2.24, 2.45) is 11.7 Å². The van der Waals surface area contributed by atoms with Crippen LogP contribution in [0.1, 0.15) is 41.0 Å². The number of anilines is 1. The lowest BCUT2D eigenvalue weighted by Crippen LogP contribution is -2.46. The molecular weight excluding hydrogens is 392 g/mol. The first-order valence-electron chi connectivity index (χ1n) is 9.22. The molecule has 0 radical (unpaired) electrons. The Bertz CT molecular complexity index is 1060. The van der Waals surface area contributed by atoms with Gasteiger partial charge in [-0.3, -0.25) is 24.5 Å². The maximum Gasteiger partial charge on any atom is 0.313 e. The largest absolute Gasteiger partial charge is 0.366 e. The Morgan fingerprint density at radius 3 is 2.83 bits per heavy atom. The summed E-state index contributed by atoms with van der Waals surface area (Å²) >= 11 is 1.55. The Balaban J connectivity index is 1.55. The third kappa shape index (κ3) is 3.83. The number of nitrogens with zero attached hydrogens (tertiary/aromatic N) is 3. The molecule has 0 bridgehead atoms. The van der Waals surface area contributed by atoms with Crippen LogP contribution in [0.15, 0.2) is 30.7 Å².